The van der Waals surface area contributed by atoms with Crippen LogP contribution in [0.4, 0.5) is 0 Å². The molecule has 2 aromatic carbocycles. The number of carbonyl (C=O) groups is 1. The minimum atomic E-state index is -0.204. The fourth-order valence-electron chi connectivity index (χ4n) is 1.84. The van der Waals surface area contributed by atoms with Gasteiger partial charge in [0.15, 0.2) is 0 Å². The summed E-state index contributed by atoms with van der Waals surface area (Å²) >= 11 is 5.92. The molecule has 20 heavy (non-hydrogen) atoms. The maximum atomic E-state index is 12.2. The van der Waals surface area contributed by atoms with Gasteiger partial charge in [-0.25, -0.2) is 0 Å². The van der Waals surface area contributed by atoms with Crippen molar-refractivity contribution in [2.45, 2.75) is 13.5 Å². The summed E-state index contributed by atoms with van der Waals surface area (Å²) < 4.78 is 5.17. The minimum Gasteiger partial charge on any atom is -0.496 e. The normalized spacial score (nSPS) is 10.2. The van der Waals surface area contributed by atoms with E-state index in [0.29, 0.717) is 22.9 Å². The maximum absolute atomic E-state index is 12.2. The number of methoxy groups -OCH3 is 1. The van der Waals surface area contributed by atoms with Gasteiger partial charge in [-0.15, -0.1) is 0 Å². The first-order valence-electron chi connectivity index (χ1n) is 6.27. The number of hydrogen-bond acceptors (Lipinski definition) is 2. The molecular weight excluding hydrogens is 274 g/mol. The first-order valence-corrected chi connectivity index (χ1v) is 6.65. The van der Waals surface area contributed by atoms with E-state index in [1.807, 2.05) is 31.2 Å². The maximum Gasteiger partial charge on any atom is 0.255 e. The van der Waals surface area contributed by atoms with Crippen LogP contribution in [0.1, 0.15) is 21.5 Å². The Morgan fingerprint density at radius 1 is 1.20 bits per heavy atom. The highest BCUT2D eigenvalue weighted by Gasteiger charge is 2.12. The van der Waals surface area contributed by atoms with E-state index < -0.39 is 0 Å². The van der Waals surface area contributed by atoms with E-state index in [1.54, 1.807) is 18.2 Å². The van der Waals surface area contributed by atoms with Gasteiger partial charge in [0.2, 0.25) is 0 Å². The summed E-state index contributed by atoms with van der Waals surface area (Å²) in [6, 6.07) is 13.0. The highest BCUT2D eigenvalue weighted by molar-refractivity contribution is 6.31. The summed E-state index contributed by atoms with van der Waals surface area (Å²) in [6.45, 7) is 2.49. The molecule has 0 aliphatic carbocycles. The Hall–Kier alpha value is -2.00. The first kappa shape index (κ1) is 14.4. The van der Waals surface area contributed by atoms with Crippen LogP contribution < -0.4 is 10.1 Å². The third-order valence-electron chi connectivity index (χ3n) is 2.98. The molecule has 1 amide bonds. The molecule has 4 heteroatoms. The van der Waals surface area contributed by atoms with Crippen molar-refractivity contribution < 1.29 is 9.53 Å². The van der Waals surface area contributed by atoms with Crippen molar-refractivity contribution in [2.75, 3.05) is 7.11 Å². The zero-order valence-electron chi connectivity index (χ0n) is 11.4. The number of ether oxygens (including phenoxy) is 1. The molecule has 0 aromatic heterocycles. The molecule has 0 aliphatic rings. The van der Waals surface area contributed by atoms with Crippen LogP contribution in [0.25, 0.3) is 0 Å². The largest absolute Gasteiger partial charge is 0.496 e. The lowest BCUT2D eigenvalue weighted by Crippen LogP contribution is -2.23. The van der Waals surface area contributed by atoms with Gasteiger partial charge in [-0.3, -0.25) is 4.79 Å². The monoisotopic (exact) mass is 289 g/mol. The van der Waals surface area contributed by atoms with E-state index in [1.165, 1.54) is 12.7 Å². The number of rotatable bonds is 4. The van der Waals surface area contributed by atoms with Crippen LogP contribution in [-0.4, -0.2) is 13.0 Å². The van der Waals surface area contributed by atoms with Gasteiger partial charge < -0.3 is 10.1 Å². The van der Waals surface area contributed by atoms with Crippen LogP contribution in [0.2, 0.25) is 5.02 Å². The number of halogens is 1. The van der Waals surface area contributed by atoms with E-state index >= 15 is 0 Å². The Morgan fingerprint density at radius 3 is 2.55 bits per heavy atom. The second kappa shape index (κ2) is 6.44. The van der Waals surface area contributed by atoms with E-state index in [2.05, 4.69) is 5.32 Å². The predicted molar refractivity (Wildman–Crippen MR) is 80.4 cm³/mol. The second-order valence-electron chi connectivity index (χ2n) is 4.51. The minimum absolute atomic E-state index is 0.204. The fourth-order valence-corrected chi connectivity index (χ4v) is 2.01. The Kier molecular flexibility index (Phi) is 4.64. The van der Waals surface area contributed by atoms with Crippen LogP contribution in [0.3, 0.4) is 0 Å². The average Bonchev–Trinajstić information content (AvgIpc) is 2.46. The van der Waals surface area contributed by atoms with Crippen molar-refractivity contribution in [2.24, 2.45) is 0 Å². The molecule has 0 atom stereocenters. The molecule has 0 unspecified atom stereocenters. The summed E-state index contributed by atoms with van der Waals surface area (Å²) in [5, 5.41) is 3.36. The molecule has 3 nitrogen and oxygen atoms in total. The smallest absolute Gasteiger partial charge is 0.255 e. The second-order valence-corrected chi connectivity index (χ2v) is 4.95. The van der Waals surface area contributed by atoms with Crippen molar-refractivity contribution >= 4 is 17.5 Å². The fraction of sp³-hybridized carbons (Fsp3) is 0.188. The predicted octanol–water partition coefficient (Wildman–Crippen LogP) is 3.59. The van der Waals surface area contributed by atoms with Crippen molar-refractivity contribution in [1.29, 1.82) is 0 Å². The van der Waals surface area contributed by atoms with E-state index in [4.69, 9.17) is 16.3 Å². The zero-order valence-corrected chi connectivity index (χ0v) is 12.2. The number of aryl methyl sites for hydroxylation is 1. The molecule has 0 saturated heterocycles. The summed E-state index contributed by atoms with van der Waals surface area (Å²) in [4.78, 5) is 12.2. The van der Waals surface area contributed by atoms with Gasteiger partial charge in [-0.2, -0.15) is 0 Å². The number of nitrogens with one attached hydrogen (secondary N) is 1. The van der Waals surface area contributed by atoms with Gasteiger partial charge in [0.05, 0.1) is 12.7 Å². The van der Waals surface area contributed by atoms with E-state index in [-0.39, 0.29) is 5.91 Å². The Balaban J connectivity index is 2.08. The van der Waals surface area contributed by atoms with Gasteiger partial charge in [-0.1, -0.05) is 41.4 Å². The van der Waals surface area contributed by atoms with Gasteiger partial charge in [0.1, 0.15) is 5.75 Å². The third kappa shape index (κ3) is 3.52. The van der Waals surface area contributed by atoms with Crippen molar-refractivity contribution in [3.8, 4) is 5.75 Å². The van der Waals surface area contributed by atoms with Crippen LogP contribution in [0, 0.1) is 6.92 Å². The summed E-state index contributed by atoms with van der Waals surface area (Å²) in [5.41, 5.74) is 2.67. The molecular formula is C16H16ClNO2. The quantitative estimate of drug-likeness (QED) is 0.934. The summed E-state index contributed by atoms with van der Waals surface area (Å²) in [6.07, 6.45) is 0. The molecule has 0 aliphatic heterocycles. The number of carbonyl (C=O) groups excluding carboxylic acids is 1. The highest BCUT2D eigenvalue weighted by atomic mass is 35.5. The van der Waals surface area contributed by atoms with Crippen LogP contribution in [0.5, 0.6) is 5.75 Å². The molecule has 2 rings (SSSR count). The zero-order chi connectivity index (χ0) is 14.5. The van der Waals surface area contributed by atoms with Crippen LogP contribution in [0.15, 0.2) is 42.5 Å². The van der Waals surface area contributed by atoms with Crippen molar-refractivity contribution in [1.82, 2.24) is 5.32 Å². The topological polar surface area (TPSA) is 38.3 Å². The molecule has 1 N–H and O–H groups in total. The molecule has 0 spiro atoms. The lowest BCUT2D eigenvalue weighted by molar-refractivity contribution is 0.0948. The van der Waals surface area contributed by atoms with E-state index in [9.17, 15) is 4.79 Å². The standard InChI is InChI=1S/C16H16ClNO2/c1-11-3-5-12(6-4-11)10-18-16(19)14-9-13(17)7-8-15(14)20-2/h3-9H,10H2,1-2H3,(H,18,19). The lowest BCUT2D eigenvalue weighted by atomic mass is 10.1. The molecule has 0 fully saturated rings. The van der Waals surface area contributed by atoms with Crippen molar-refractivity contribution in [3.05, 3.63) is 64.2 Å². The number of amides is 1. The Bertz CT molecular complexity index is 608. The number of hydrogen-bond donors (Lipinski definition) is 1. The lowest BCUT2D eigenvalue weighted by Gasteiger charge is -2.10. The van der Waals surface area contributed by atoms with Gasteiger partial charge >= 0.3 is 0 Å². The van der Waals surface area contributed by atoms with Gasteiger partial charge in [0.25, 0.3) is 5.91 Å². The molecule has 104 valence electrons. The average molecular weight is 290 g/mol. The highest BCUT2D eigenvalue weighted by Crippen LogP contribution is 2.22. The van der Waals surface area contributed by atoms with Gasteiger partial charge in [-0.05, 0) is 30.7 Å². The Morgan fingerprint density at radius 2 is 1.90 bits per heavy atom. The van der Waals surface area contributed by atoms with Gasteiger partial charge in [0, 0.05) is 11.6 Å². The first-order chi connectivity index (χ1) is 9.60. The van der Waals surface area contributed by atoms with Crippen LogP contribution in [-0.2, 0) is 6.54 Å². The number of benzene rings is 2. The van der Waals surface area contributed by atoms with Crippen molar-refractivity contribution in [3.63, 3.8) is 0 Å². The third-order valence-corrected chi connectivity index (χ3v) is 3.21. The molecule has 0 bridgehead atoms. The van der Waals surface area contributed by atoms with Crippen LogP contribution >= 0.6 is 11.6 Å². The molecule has 0 saturated carbocycles. The SMILES string of the molecule is COc1ccc(Cl)cc1C(=O)NCc1ccc(C)cc1. The van der Waals surface area contributed by atoms with E-state index in [0.717, 1.165) is 5.56 Å². The Labute approximate surface area is 123 Å². The molecule has 0 radical (unpaired) electrons. The molecule has 0 heterocycles. The molecule has 2 aromatic rings. The summed E-state index contributed by atoms with van der Waals surface area (Å²) in [5.74, 6) is 0.306. The summed E-state index contributed by atoms with van der Waals surface area (Å²) in [7, 11) is 1.53.